The molecule has 0 fully saturated rings. The van der Waals surface area contributed by atoms with Gasteiger partial charge in [-0.3, -0.25) is 5.43 Å². The number of hydrazone groups is 1. The van der Waals surface area contributed by atoms with Crippen LogP contribution in [0.3, 0.4) is 0 Å². The van der Waals surface area contributed by atoms with Crippen molar-refractivity contribution in [1.29, 1.82) is 0 Å². The Labute approximate surface area is 131 Å². The molecule has 1 aromatic carbocycles. The zero-order valence-corrected chi connectivity index (χ0v) is 13.2. The molecule has 1 aromatic heterocycles. The van der Waals surface area contributed by atoms with Crippen LogP contribution in [0.5, 0.6) is 0 Å². The quantitative estimate of drug-likeness (QED) is 0.517. The van der Waals surface area contributed by atoms with Gasteiger partial charge in [0.25, 0.3) is 0 Å². The summed E-state index contributed by atoms with van der Waals surface area (Å²) in [5.41, 5.74) is 4.34. The zero-order chi connectivity index (χ0) is 15.2. The van der Waals surface area contributed by atoms with E-state index in [4.69, 9.17) is 16.3 Å². The van der Waals surface area contributed by atoms with Crippen molar-refractivity contribution in [2.24, 2.45) is 5.10 Å². The molecule has 1 heterocycles. The van der Waals surface area contributed by atoms with Crippen molar-refractivity contribution in [2.75, 3.05) is 12.0 Å². The second-order valence-electron chi connectivity index (χ2n) is 4.08. The third kappa shape index (κ3) is 4.27. The van der Waals surface area contributed by atoms with E-state index in [0.717, 1.165) is 5.56 Å². The third-order valence-electron chi connectivity index (χ3n) is 2.50. The number of hydrogen-bond donors (Lipinski definition) is 1. The number of benzene rings is 1. The van der Waals surface area contributed by atoms with Gasteiger partial charge in [-0.05, 0) is 31.5 Å². The number of rotatable bonds is 5. The predicted molar refractivity (Wildman–Crippen MR) is 85.5 cm³/mol. The maximum Gasteiger partial charge on any atom is 0.350 e. The van der Waals surface area contributed by atoms with Crippen LogP contribution in [0, 0.1) is 6.92 Å². The number of nitrogens with one attached hydrogen (secondary N) is 1. The van der Waals surface area contributed by atoms with Gasteiger partial charge in [0.2, 0.25) is 5.13 Å². The van der Waals surface area contributed by atoms with E-state index in [1.54, 1.807) is 32.2 Å². The molecule has 0 unspecified atom stereocenters. The van der Waals surface area contributed by atoms with Gasteiger partial charge in [-0.25, -0.2) is 9.78 Å². The summed E-state index contributed by atoms with van der Waals surface area (Å²) in [5.74, 6) is -0.359. The summed E-state index contributed by atoms with van der Waals surface area (Å²) in [6.45, 7) is 3.87. The fraction of sp³-hybridized carbons (Fsp3) is 0.214. The molecule has 110 valence electrons. The van der Waals surface area contributed by atoms with Gasteiger partial charge in [0.05, 0.1) is 18.5 Å². The molecule has 1 N–H and O–H groups in total. The highest BCUT2D eigenvalue weighted by atomic mass is 35.5. The molecule has 0 saturated carbocycles. The van der Waals surface area contributed by atoms with E-state index >= 15 is 0 Å². The number of halogens is 1. The molecule has 2 aromatic rings. The second-order valence-corrected chi connectivity index (χ2v) is 5.51. The van der Waals surface area contributed by atoms with E-state index < -0.39 is 0 Å². The molecular weight excluding hydrogens is 310 g/mol. The molecule has 0 bridgehead atoms. The van der Waals surface area contributed by atoms with Crippen LogP contribution in [0.1, 0.15) is 27.9 Å². The highest BCUT2D eigenvalue weighted by molar-refractivity contribution is 7.17. The first kappa shape index (κ1) is 15.5. The first-order valence-electron chi connectivity index (χ1n) is 6.29. The molecule has 0 atom stereocenters. The van der Waals surface area contributed by atoms with Gasteiger partial charge in [-0.15, -0.1) is 0 Å². The fourth-order valence-corrected chi connectivity index (χ4v) is 2.48. The summed E-state index contributed by atoms with van der Waals surface area (Å²) in [7, 11) is 0. The van der Waals surface area contributed by atoms with Crippen LogP contribution in [0.25, 0.3) is 0 Å². The maximum absolute atomic E-state index is 11.7. The lowest BCUT2D eigenvalue weighted by molar-refractivity contribution is 0.0531. The molecule has 0 radical (unpaired) electrons. The van der Waals surface area contributed by atoms with Crippen molar-refractivity contribution in [2.45, 2.75) is 13.8 Å². The molecule has 0 aliphatic rings. The molecule has 7 heteroatoms. The van der Waals surface area contributed by atoms with Crippen LogP contribution in [0.4, 0.5) is 5.13 Å². The van der Waals surface area contributed by atoms with Crippen LogP contribution in [-0.4, -0.2) is 23.8 Å². The monoisotopic (exact) mass is 323 g/mol. The van der Waals surface area contributed by atoms with Gasteiger partial charge in [0, 0.05) is 5.02 Å². The Hall–Kier alpha value is -1.92. The summed E-state index contributed by atoms with van der Waals surface area (Å²) >= 11 is 7.02. The standard InChI is InChI=1S/C14H14ClN3O2S/c1-3-20-13(19)12-9(2)17-14(21-12)18-16-8-10-4-6-11(15)7-5-10/h4-8H,3H2,1-2H3,(H,17,18)/b16-8-. The lowest BCUT2D eigenvalue weighted by Crippen LogP contribution is -2.03. The van der Waals surface area contributed by atoms with E-state index in [0.29, 0.717) is 27.3 Å². The van der Waals surface area contributed by atoms with Gasteiger partial charge in [-0.1, -0.05) is 35.1 Å². The predicted octanol–water partition coefficient (Wildman–Crippen LogP) is 3.73. The molecule has 0 spiro atoms. The number of esters is 1. The molecule has 2 rings (SSSR count). The van der Waals surface area contributed by atoms with Crippen LogP contribution >= 0.6 is 22.9 Å². The number of carbonyl (C=O) groups excluding carboxylic acids is 1. The smallest absolute Gasteiger partial charge is 0.350 e. The summed E-state index contributed by atoms with van der Waals surface area (Å²) in [6.07, 6.45) is 1.65. The SMILES string of the molecule is CCOC(=O)c1sc(N/N=C\c2ccc(Cl)cc2)nc1C. The van der Waals surface area contributed by atoms with E-state index in [9.17, 15) is 4.79 Å². The van der Waals surface area contributed by atoms with Gasteiger partial charge < -0.3 is 4.74 Å². The topological polar surface area (TPSA) is 63.6 Å². The van der Waals surface area contributed by atoms with E-state index in [-0.39, 0.29) is 5.97 Å². The lowest BCUT2D eigenvalue weighted by atomic mass is 10.2. The number of hydrogen-bond acceptors (Lipinski definition) is 6. The largest absolute Gasteiger partial charge is 0.462 e. The van der Waals surface area contributed by atoms with Crippen molar-refractivity contribution in [3.63, 3.8) is 0 Å². The number of aryl methyl sites for hydroxylation is 1. The van der Waals surface area contributed by atoms with Crippen LogP contribution in [0.2, 0.25) is 5.02 Å². The van der Waals surface area contributed by atoms with Crippen molar-refractivity contribution in [3.05, 3.63) is 45.4 Å². The Morgan fingerprint density at radius 2 is 2.19 bits per heavy atom. The molecule has 0 saturated heterocycles. The number of nitrogens with zero attached hydrogens (tertiary/aromatic N) is 2. The molecular formula is C14H14ClN3O2S. The minimum atomic E-state index is -0.359. The fourth-order valence-electron chi connectivity index (χ4n) is 1.54. The number of ether oxygens (including phenoxy) is 1. The summed E-state index contributed by atoms with van der Waals surface area (Å²) < 4.78 is 4.96. The average Bonchev–Trinajstić information content (AvgIpc) is 2.82. The average molecular weight is 324 g/mol. The Morgan fingerprint density at radius 1 is 1.48 bits per heavy atom. The molecule has 0 aliphatic carbocycles. The first-order chi connectivity index (χ1) is 10.1. The molecule has 0 aliphatic heterocycles. The van der Waals surface area contributed by atoms with Crippen LogP contribution in [0.15, 0.2) is 29.4 Å². The van der Waals surface area contributed by atoms with Gasteiger partial charge >= 0.3 is 5.97 Å². The summed E-state index contributed by atoms with van der Waals surface area (Å²) in [4.78, 5) is 16.4. The Balaban J connectivity index is 2.02. The summed E-state index contributed by atoms with van der Waals surface area (Å²) in [6, 6.07) is 7.28. The minimum absolute atomic E-state index is 0.341. The Kier molecular flexibility index (Phi) is 5.30. The van der Waals surface area contributed by atoms with Crippen molar-refractivity contribution < 1.29 is 9.53 Å². The minimum Gasteiger partial charge on any atom is -0.462 e. The molecule has 21 heavy (non-hydrogen) atoms. The van der Waals surface area contributed by atoms with Crippen molar-refractivity contribution in [3.8, 4) is 0 Å². The van der Waals surface area contributed by atoms with Crippen LogP contribution in [-0.2, 0) is 4.74 Å². The Bertz CT molecular complexity index is 653. The third-order valence-corrected chi connectivity index (χ3v) is 3.80. The number of thiazole rings is 1. The lowest BCUT2D eigenvalue weighted by Gasteiger charge is -1.97. The van der Waals surface area contributed by atoms with Crippen molar-refractivity contribution in [1.82, 2.24) is 4.98 Å². The van der Waals surface area contributed by atoms with E-state index in [1.807, 2.05) is 12.1 Å². The van der Waals surface area contributed by atoms with Gasteiger partial charge in [0.15, 0.2) is 0 Å². The molecule has 5 nitrogen and oxygen atoms in total. The highest BCUT2D eigenvalue weighted by Gasteiger charge is 2.15. The first-order valence-corrected chi connectivity index (χ1v) is 7.48. The highest BCUT2D eigenvalue weighted by Crippen LogP contribution is 2.23. The normalized spacial score (nSPS) is 10.8. The van der Waals surface area contributed by atoms with Crippen LogP contribution < -0.4 is 5.43 Å². The maximum atomic E-state index is 11.7. The Morgan fingerprint density at radius 3 is 2.86 bits per heavy atom. The molecule has 0 amide bonds. The number of carbonyl (C=O) groups is 1. The number of aromatic nitrogens is 1. The number of anilines is 1. The summed E-state index contributed by atoms with van der Waals surface area (Å²) in [5, 5.41) is 5.30. The second kappa shape index (κ2) is 7.19. The van der Waals surface area contributed by atoms with E-state index in [1.165, 1.54) is 11.3 Å². The van der Waals surface area contributed by atoms with Crippen molar-refractivity contribution >= 4 is 40.3 Å². The zero-order valence-electron chi connectivity index (χ0n) is 11.6. The van der Waals surface area contributed by atoms with E-state index in [2.05, 4.69) is 15.5 Å². The van der Waals surface area contributed by atoms with Gasteiger partial charge in [0.1, 0.15) is 4.88 Å². The van der Waals surface area contributed by atoms with Gasteiger partial charge in [-0.2, -0.15) is 5.10 Å².